The molecule has 3 rings (SSSR count). The second kappa shape index (κ2) is 7.49. The first-order valence-corrected chi connectivity index (χ1v) is 7.84. The lowest BCUT2D eigenvalue weighted by atomic mass is 10.2. The quantitative estimate of drug-likeness (QED) is 0.633. The minimum atomic E-state index is -4.73. The van der Waals surface area contributed by atoms with Crippen molar-refractivity contribution in [3.8, 4) is 5.88 Å². The molecule has 0 atom stereocenters. The summed E-state index contributed by atoms with van der Waals surface area (Å²) in [5.41, 5.74) is 0.555. The largest absolute Gasteiger partial charge is 0.468 e. The molecule has 0 amide bonds. The Labute approximate surface area is 154 Å². The molecule has 0 spiro atoms. The maximum Gasteiger partial charge on any atom is 0.451 e. The van der Waals surface area contributed by atoms with Crippen molar-refractivity contribution in [2.45, 2.75) is 18.9 Å². The Morgan fingerprint density at radius 1 is 0.964 bits per heavy atom. The smallest absolute Gasteiger partial charge is 0.451 e. The lowest BCUT2D eigenvalue weighted by Crippen LogP contribution is -2.19. The van der Waals surface area contributed by atoms with Crippen molar-refractivity contribution in [3.63, 3.8) is 0 Å². The zero-order valence-electron chi connectivity index (χ0n) is 14.0. The number of benzene rings is 1. The molecule has 0 unspecified atom stereocenters. The van der Waals surface area contributed by atoms with Gasteiger partial charge in [-0.15, -0.1) is 0 Å². The fraction of sp³-hybridized carbons (Fsp3) is 0.235. The fourth-order valence-electron chi connectivity index (χ4n) is 2.32. The number of ether oxygens (including phenoxy) is 1. The average Bonchev–Trinajstić information content (AvgIpc) is 2.63. The number of rotatable bonds is 5. The zero-order valence-corrected chi connectivity index (χ0v) is 14.0. The first kappa shape index (κ1) is 19.6. The van der Waals surface area contributed by atoms with Crippen molar-refractivity contribution in [1.82, 2.24) is 15.0 Å². The van der Waals surface area contributed by atoms with Gasteiger partial charge in [0.25, 0.3) is 0 Å². The third-order valence-corrected chi connectivity index (χ3v) is 3.50. The third kappa shape index (κ3) is 4.99. The van der Waals surface area contributed by atoms with Crippen LogP contribution < -0.4 is 10.1 Å². The molecule has 1 aromatic carbocycles. The van der Waals surface area contributed by atoms with E-state index in [4.69, 9.17) is 0 Å². The normalized spacial score (nSPS) is 12.2. The summed E-state index contributed by atoms with van der Waals surface area (Å²) >= 11 is 0. The number of nitrogens with one attached hydrogen (secondary N) is 1. The molecule has 5 nitrogen and oxygen atoms in total. The molecule has 11 heteroatoms. The first-order chi connectivity index (χ1) is 13.1. The number of fused-ring (bicyclic) bond motifs is 1. The van der Waals surface area contributed by atoms with E-state index in [9.17, 15) is 26.3 Å². The van der Waals surface area contributed by atoms with E-state index in [1.54, 1.807) is 18.2 Å². The maximum atomic E-state index is 13.0. The average molecular weight is 402 g/mol. The number of hydrogen-bond acceptors (Lipinski definition) is 5. The molecule has 0 bridgehead atoms. The van der Waals surface area contributed by atoms with Crippen LogP contribution in [0.1, 0.15) is 11.4 Å². The summed E-state index contributed by atoms with van der Waals surface area (Å²) < 4.78 is 80.3. The third-order valence-electron chi connectivity index (χ3n) is 3.50. The highest BCUT2D eigenvalue weighted by Gasteiger charge is 2.35. The van der Waals surface area contributed by atoms with Gasteiger partial charge in [-0.3, -0.25) is 0 Å². The number of halogens is 6. The van der Waals surface area contributed by atoms with E-state index >= 15 is 0 Å². The van der Waals surface area contributed by atoms with Gasteiger partial charge in [0.05, 0.1) is 5.52 Å². The maximum absolute atomic E-state index is 13.0. The predicted octanol–water partition coefficient (Wildman–Crippen LogP) is 4.60. The van der Waals surface area contributed by atoms with Gasteiger partial charge in [-0.1, -0.05) is 12.1 Å². The van der Waals surface area contributed by atoms with Crippen LogP contribution in [0.3, 0.4) is 0 Å². The summed E-state index contributed by atoms with van der Waals surface area (Å²) in [6.07, 6.45) is -8.00. The lowest BCUT2D eigenvalue weighted by molar-refractivity contribution is -0.154. The van der Waals surface area contributed by atoms with Gasteiger partial charge >= 0.3 is 12.4 Å². The summed E-state index contributed by atoms with van der Waals surface area (Å²) in [4.78, 5) is 10.7. The lowest BCUT2D eigenvalue weighted by Gasteiger charge is -2.13. The minimum absolute atomic E-state index is 0.0107. The molecule has 0 saturated carbocycles. The van der Waals surface area contributed by atoms with Crippen LogP contribution in [0.2, 0.25) is 0 Å². The van der Waals surface area contributed by atoms with Crippen molar-refractivity contribution < 1.29 is 31.1 Å². The highest BCUT2D eigenvalue weighted by molar-refractivity contribution is 5.89. The van der Waals surface area contributed by atoms with Gasteiger partial charge in [-0.2, -0.15) is 26.3 Å². The molecule has 1 N–H and O–H groups in total. The van der Waals surface area contributed by atoms with Crippen LogP contribution in [0.5, 0.6) is 5.88 Å². The van der Waals surface area contributed by atoms with E-state index in [1.165, 1.54) is 24.4 Å². The number of para-hydroxylation sites is 1. The number of alkyl halides is 6. The van der Waals surface area contributed by atoms with Crippen LogP contribution in [0, 0.1) is 0 Å². The molecule has 0 aliphatic rings. The van der Waals surface area contributed by atoms with Crippen molar-refractivity contribution in [3.05, 3.63) is 54.0 Å². The molecule has 0 radical (unpaired) electrons. The second-order valence-corrected chi connectivity index (χ2v) is 5.67. The van der Waals surface area contributed by atoms with Gasteiger partial charge in [-0.25, -0.2) is 15.0 Å². The Kier molecular flexibility index (Phi) is 5.25. The number of nitrogens with zero attached hydrogens (tertiary/aromatic N) is 3. The van der Waals surface area contributed by atoms with Crippen molar-refractivity contribution in [2.75, 3.05) is 11.9 Å². The van der Waals surface area contributed by atoms with Crippen LogP contribution in [-0.4, -0.2) is 27.7 Å². The van der Waals surface area contributed by atoms with Gasteiger partial charge in [0.15, 0.2) is 6.61 Å². The Balaban J connectivity index is 1.82. The standard InChI is InChI=1S/C17H12F6N4O/c18-16(19,20)9-28-13-7-10(5-6-24-13)8-25-14-11-3-1-2-4-12(11)26-15(27-14)17(21,22)23/h1-7H,8-9H2,(H,25,26,27). The summed E-state index contributed by atoms with van der Waals surface area (Å²) in [7, 11) is 0. The van der Waals surface area contributed by atoms with Gasteiger partial charge < -0.3 is 10.1 Å². The van der Waals surface area contributed by atoms with E-state index in [2.05, 4.69) is 25.0 Å². The van der Waals surface area contributed by atoms with Gasteiger partial charge in [0.1, 0.15) is 5.82 Å². The Morgan fingerprint density at radius 2 is 1.71 bits per heavy atom. The van der Waals surface area contributed by atoms with E-state index in [-0.39, 0.29) is 23.8 Å². The minimum Gasteiger partial charge on any atom is -0.468 e. The summed E-state index contributed by atoms with van der Waals surface area (Å²) in [6.45, 7) is -1.51. The molecule has 0 aliphatic carbocycles. The molecule has 0 aliphatic heterocycles. The number of pyridine rings is 1. The summed E-state index contributed by atoms with van der Waals surface area (Å²) in [5.74, 6) is -1.59. The molecule has 28 heavy (non-hydrogen) atoms. The number of anilines is 1. The van der Waals surface area contributed by atoms with Crippen molar-refractivity contribution >= 4 is 16.7 Å². The Morgan fingerprint density at radius 3 is 2.43 bits per heavy atom. The van der Waals surface area contributed by atoms with Gasteiger partial charge in [0, 0.05) is 24.2 Å². The Hall–Kier alpha value is -3.11. The summed E-state index contributed by atoms with van der Waals surface area (Å²) in [5, 5.41) is 3.13. The van der Waals surface area contributed by atoms with Gasteiger partial charge in [-0.05, 0) is 23.8 Å². The number of hydrogen-bond donors (Lipinski definition) is 1. The van der Waals surface area contributed by atoms with Crippen LogP contribution in [-0.2, 0) is 12.7 Å². The van der Waals surface area contributed by atoms with E-state index in [0.29, 0.717) is 10.9 Å². The van der Waals surface area contributed by atoms with E-state index in [0.717, 1.165) is 0 Å². The highest BCUT2D eigenvalue weighted by Crippen LogP contribution is 2.30. The van der Waals surface area contributed by atoms with E-state index < -0.39 is 24.8 Å². The van der Waals surface area contributed by atoms with Crippen LogP contribution in [0.25, 0.3) is 10.9 Å². The second-order valence-electron chi connectivity index (χ2n) is 5.67. The van der Waals surface area contributed by atoms with Crippen LogP contribution >= 0.6 is 0 Å². The van der Waals surface area contributed by atoms with E-state index in [1.807, 2.05) is 0 Å². The molecule has 0 saturated heterocycles. The summed E-state index contributed by atoms with van der Waals surface area (Å²) in [6, 6.07) is 8.90. The van der Waals surface area contributed by atoms with Crippen LogP contribution in [0.15, 0.2) is 42.6 Å². The molecule has 148 valence electrons. The molecular formula is C17H12F6N4O. The molecule has 2 aromatic heterocycles. The Bertz CT molecular complexity index is 974. The SMILES string of the molecule is FC(F)(F)COc1cc(CNc2nc(C(F)(F)F)nc3ccccc23)ccn1. The molecular weight excluding hydrogens is 390 g/mol. The molecule has 0 fully saturated rings. The predicted molar refractivity (Wildman–Crippen MR) is 87.7 cm³/mol. The fourth-order valence-corrected chi connectivity index (χ4v) is 2.32. The first-order valence-electron chi connectivity index (χ1n) is 7.84. The van der Waals surface area contributed by atoms with Crippen molar-refractivity contribution in [1.29, 1.82) is 0 Å². The van der Waals surface area contributed by atoms with Crippen molar-refractivity contribution in [2.24, 2.45) is 0 Å². The van der Waals surface area contributed by atoms with Crippen LogP contribution in [0.4, 0.5) is 32.2 Å². The number of aromatic nitrogens is 3. The monoisotopic (exact) mass is 402 g/mol. The zero-order chi connectivity index (χ0) is 20.4. The molecule has 3 aromatic rings. The molecule has 2 heterocycles. The highest BCUT2D eigenvalue weighted by atomic mass is 19.4. The topological polar surface area (TPSA) is 59.9 Å². The van der Waals surface area contributed by atoms with Gasteiger partial charge in [0.2, 0.25) is 11.7 Å².